The van der Waals surface area contributed by atoms with E-state index in [4.69, 9.17) is 4.74 Å². The molecule has 2 nitrogen and oxygen atoms in total. The highest BCUT2D eigenvalue weighted by molar-refractivity contribution is 7.10. The molecule has 3 heteroatoms. The van der Waals surface area contributed by atoms with E-state index in [-0.39, 0.29) is 5.41 Å². The largest absolute Gasteiger partial charge is 0.380 e. The molecule has 0 fully saturated rings. The number of thiophene rings is 1. The van der Waals surface area contributed by atoms with E-state index in [9.17, 15) is 0 Å². The molecule has 2 rings (SSSR count). The zero-order chi connectivity index (χ0) is 14.4. The summed E-state index contributed by atoms with van der Waals surface area (Å²) in [7, 11) is 1.72. The molecule has 0 radical (unpaired) electrons. The fourth-order valence-corrected chi connectivity index (χ4v) is 3.04. The molecule has 0 atom stereocenters. The van der Waals surface area contributed by atoms with Crippen molar-refractivity contribution >= 4 is 11.3 Å². The average Bonchev–Trinajstić information content (AvgIpc) is 2.96. The number of ether oxygens (including phenoxy) is 1. The first-order chi connectivity index (χ1) is 9.62. The van der Waals surface area contributed by atoms with E-state index in [1.807, 2.05) is 11.3 Å². The standard InChI is InChI=1S/C17H23NOS/c1-17(2,16-5-4-10-20-16)13-18-11-14-6-8-15(9-7-14)12-19-3/h4-10,18H,11-13H2,1-3H3. The molecule has 0 spiro atoms. The van der Waals surface area contributed by atoms with E-state index < -0.39 is 0 Å². The SMILES string of the molecule is COCc1ccc(CNCC(C)(C)c2cccs2)cc1. The molecule has 1 aromatic heterocycles. The molecule has 0 bridgehead atoms. The predicted molar refractivity (Wildman–Crippen MR) is 86.2 cm³/mol. The highest BCUT2D eigenvalue weighted by Crippen LogP contribution is 2.26. The molecule has 0 unspecified atom stereocenters. The minimum absolute atomic E-state index is 0.185. The first kappa shape index (κ1) is 15.2. The number of hydrogen-bond acceptors (Lipinski definition) is 3. The van der Waals surface area contributed by atoms with Gasteiger partial charge in [-0.3, -0.25) is 0 Å². The van der Waals surface area contributed by atoms with Gasteiger partial charge in [0.25, 0.3) is 0 Å². The van der Waals surface area contributed by atoms with Gasteiger partial charge in [-0.05, 0) is 22.6 Å². The fraction of sp³-hybridized carbons (Fsp3) is 0.412. The molecule has 108 valence electrons. The van der Waals surface area contributed by atoms with E-state index in [1.165, 1.54) is 16.0 Å². The summed E-state index contributed by atoms with van der Waals surface area (Å²) in [6, 6.07) is 12.9. The van der Waals surface area contributed by atoms with Crippen molar-refractivity contribution in [1.29, 1.82) is 0 Å². The van der Waals surface area contributed by atoms with Crippen molar-refractivity contribution < 1.29 is 4.74 Å². The lowest BCUT2D eigenvalue weighted by atomic mass is 9.91. The Morgan fingerprint density at radius 2 is 1.80 bits per heavy atom. The zero-order valence-electron chi connectivity index (χ0n) is 12.5. The summed E-state index contributed by atoms with van der Waals surface area (Å²) < 4.78 is 5.12. The summed E-state index contributed by atoms with van der Waals surface area (Å²) in [5.41, 5.74) is 2.71. The molecule has 0 aliphatic rings. The van der Waals surface area contributed by atoms with Gasteiger partial charge in [-0.1, -0.05) is 44.2 Å². The molecule has 20 heavy (non-hydrogen) atoms. The lowest BCUT2D eigenvalue weighted by Crippen LogP contribution is -2.31. The summed E-state index contributed by atoms with van der Waals surface area (Å²) in [6.07, 6.45) is 0. The second-order valence-corrected chi connectivity index (χ2v) is 6.66. The predicted octanol–water partition coefficient (Wildman–Crippen LogP) is 3.96. The number of nitrogens with one attached hydrogen (secondary N) is 1. The summed E-state index contributed by atoms with van der Waals surface area (Å²) in [6.45, 7) is 7.13. The molecule has 0 saturated heterocycles. The van der Waals surface area contributed by atoms with Gasteiger partial charge < -0.3 is 10.1 Å². The van der Waals surface area contributed by atoms with Crippen LogP contribution in [0.4, 0.5) is 0 Å². The van der Waals surface area contributed by atoms with E-state index in [2.05, 4.69) is 60.9 Å². The molecule has 0 aliphatic carbocycles. The molecule has 1 aromatic carbocycles. The molecular formula is C17H23NOS. The average molecular weight is 289 g/mol. The minimum Gasteiger partial charge on any atom is -0.380 e. The first-order valence-corrected chi connectivity index (χ1v) is 7.81. The van der Waals surface area contributed by atoms with Crippen LogP contribution in [-0.2, 0) is 23.3 Å². The van der Waals surface area contributed by atoms with Crippen molar-refractivity contribution in [2.45, 2.75) is 32.4 Å². The van der Waals surface area contributed by atoms with Crippen LogP contribution in [0.5, 0.6) is 0 Å². The quantitative estimate of drug-likeness (QED) is 0.833. The molecule has 0 aliphatic heterocycles. The van der Waals surface area contributed by atoms with Crippen molar-refractivity contribution in [2.75, 3.05) is 13.7 Å². The van der Waals surface area contributed by atoms with Crippen molar-refractivity contribution in [3.05, 3.63) is 57.8 Å². The Labute approximate surface area is 125 Å². The van der Waals surface area contributed by atoms with Crippen LogP contribution >= 0.6 is 11.3 Å². The molecule has 0 amide bonds. The van der Waals surface area contributed by atoms with Crippen LogP contribution in [0.15, 0.2) is 41.8 Å². The maximum atomic E-state index is 5.12. The third-order valence-electron chi connectivity index (χ3n) is 3.42. The van der Waals surface area contributed by atoms with Gasteiger partial charge in [-0.25, -0.2) is 0 Å². The monoisotopic (exact) mass is 289 g/mol. The Kier molecular flexibility index (Phi) is 5.35. The van der Waals surface area contributed by atoms with Crippen LogP contribution in [0, 0.1) is 0 Å². The van der Waals surface area contributed by atoms with Crippen LogP contribution in [-0.4, -0.2) is 13.7 Å². The summed E-state index contributed by atoms with van der Waals surface area (Å²) >= 11 is 1.83. The van der Waals surface area contributed by atoms with Crippen LogP contribution < -0.4 is 5.32 Å². The van der Waals surface area contributed by atoms with Crippen molar-refractivity contribution in [1.82, 2.24) is 5.32 Å². The Bertz CT molecular complexity index is 502. The Morgan fingerprint density at radius 1 is 1.10 bits per heavy atom. The maximum absolute atomic E-state index is 5.12. The molecule has 1 heterocycles. The van der Waals surface area contributed by atoms with E-state index in [0.29, 0.717) is 6.61 Å². The number of methoxy groups -OCH3 is 1. The summed E-state index contributed by atoms with van der Waals surface area (Å²) in [4.78, 5) is 1.43. The smallest absolute Gasteiger partial charge is 0.0713 e. The number of benzene rings is 1. The second-order valence-electron chi connectivity index (χ2n) is 5.71. The normalized spacial score (nSPS) is 11.8. The van der Waals surface area contributed by atoms with Crippen LogP contribution in [0.1, 0.15) is 29.9 Å². The topological polar surface area (TPSA) is 21.3 Å². The highest BCUT2D eigenvalue weighted by atomic mass is 32.1. The van der Waals surface area contributed by atoms with Crippen molar-refractivity contribution in [2.24, 2.45) is 0 Å². The van der Waals surface area contributed by atoms with Crippen LogP contribution in [0.2, 0.25) is 0 Å². The van der Waals surface area contributed by atoms with E-state index >= 15 is 0 Å². The van der Waals surface area contributed by atoms with Gasteiger partial charge in [-0.15, -0.1) is 11.3 Å². The Hall–Kier alpha value is -1.16. The van der Waals surface area contributed by atoms with Crippen molar-refractivity contribution in [3.8, 4) is 0 Å². The summed E-state index contributed by atoms with van der Waals surface area (Å²) in [5, 5.41) is 5.70. The van der Waals surface area contributed by atoms with E-state index in [0.717, 1.165) is 13.1 Å². The molecular weight excluding hydrogens is 266 g/mol. The van der Waals surface area contributed by atoms with Crippen LogP contribution in [0.3, 0.4) is 0 Å². The maximum Gasteiger partial charge on any atom is 0.0713 e. The molecule has 2 aromatic rings. The highest BCUT2D eigenvalue weighted by Gasteiger charge is 2.20. The Morgan fingerprint density at radius 3 is 2.40 bits per heavy atom. The minimum atomic E-state index is 0.185. The van der Waals surface area contributed by atoms with Gasteiger partial charge in [-0.2, -0.15) is 0 Å². The first-order valence-electron chi connectivity index (χ1n) is 6.93. The number of hydrogen-bond donors (Lipinski definition) is 1. The van der Waals surface area contributed by atoms with Gasteiger partial charge >= 0.3 is 0 Å². The number of rotatable bonds is 7. The molecule has 1 N–H and O–H groups in total. The van der Waals surface area contributed by atoms with Gasteiger partial charge in [0.2, 0.25) is 0 Å². The van der Waals surface area contributed by atoms with Crippen molar-refractivity contribution in [3.63, 3.8) is 0 Å². The molecule has 0 saturated carbocycles. The lowest BCUT2D eigenvalue weighted by Gasteiger charge is -2.23. The zero-order valence-corrected chi connectivity index (χ0v) is 13.3. The van der Waals surface area contributed by atoms with Gasteiger partial charge in [0.15, 0.2) is 0 Å². The van der Waals surface area contributed by atoms with Gasteiger partial charge in [0.05, 0.1) is 6.61 Å². The van der Waals surface area contributed by atoms with Gasteiger partial charge in [0, 0.05) is 30.5 Å². The van der Waals surface area contributed by atoms with Crippen LogP contribution in [0.25, 0.3) is 0 Å². The Balaban J connectivity index is 1.83. The lowest BCUT2D eigenvalue weighted by molar-refractivity contribution is 0.185. The summed E-state index contributed by atoms with van der Waals surface area (Å²) in [5.74, 6) is 0. The van der Waals surface area contributed by atoms with E-state index in [1.54, 1.807) is 7.11 Å². The third-order valence-corrected chi connectivity index (χ3v) is 4.65. The third kappa shape index (κ3) is 4.17. The van der Waals surface area contributed by atoms with Gasteiger partial charge in [0.1, 0.15) is 0 Å². The second kappa shape index (κ2) is 7.02. The fourth-order valence-electron chi connectivity index (χ4n) is 2.19.